The lowest BCUT2D eigenvalue weighted by Crippen LogP contribution is -2.22. The van der Waals surface area contributed by atoms with E-state index in [2.05, 4.69) is 20.0 Å². The van der Waals surface area contributed by atoms with Gasteiger partial charge in [-0.3, -0.25) is 14.4 Å². The lowest BCUT2D eigenvalue weighted by atomic mass is 10.1. The topological polar surface area (TPSA) is 114 Å². The van der Waals surface area contributed by atoms with Crippen molar-refractivity contribution in [1.82, 2.24) is 24.6 Å². The van der Waals surface area contributed by atoms with Crippen molar-refractivity contribution in [2.75, 3.05) is 18.6 Å². The summed E-state index contributed by atoms with van der Waals surface area (Å²) in [4.78, 5) is 23.1. The summed E-state index contributed by atoms with van der Waals surface area (Å²) in [7, 11) is -1.02. The number of furan rings is 1. The fourth-order valence-electron chi connectivity index (χ4n) is 4.51. The summed E-state index contributed by atoms with van der Waals surface area (Å²) in [6.45, 7) is 5.01. The van der Waals surface area contributed by atoms with E-state index in [-0.39, 0.29) is 23.1 Å². The number of fused-ring (bicyclic) bond motifs is 1. The maximum absolute atomic E-state index is 12.8. The summed E-state index contributed by atoms with van der Waals surface area (Å²) in [6, 6.07) is 3.52. The fraction of sp³-hybridized carbons (Fsp3) is 0.409. The van der Waals surface area contributed by atoms with Crippen LogP contribution < -0.4 is 5.56 Å². The summed E-state index contributed by atoms with van der Waals surface area (Å²) in [5.41, 5.74) is 3.52. The first-order valence-electron chi connectivity index (χ1n) is 10.7. The van der Waals surface area contributed by atoms with Gasteiger partial charge in [0.1, 0.15) is 16.4 Å². The van der Waals surface area contributed by atoms with Crippen LogP contribution in [0.15, 0.2) is 33.0 Å². The molecular formula is C22H25N5O4S2. The number of hydrogen-bond acceptors (Lipinski definition) is 8. The van der Waals surface area contributed by atoms with Crippen LogP contribution >= 0.6 is 11.3 Å². The first-order valence-corrected chi connectivity index (χ1v) is 13.4. The molecule has 1 fully saturated rings. The van der Waals surface area contributed by atoms with Crippen molar-refractivity contribution < 1.29 is 12.8 Å². The lowest BCUT2D eigenvalue weighted by Gasteiger charge is -2.17. The van der Waals surface area contributed by atoms with E-state index in [9.17, 15) is 13.2 Å². The molecule has 0 saturated carbocycles. The third-order valence-electron chi connectivity index (χ3n) is 6.16. The number of sulfone groups is 1. The minimum Gasteiger partial charge on any atom is -0.464 e. The highest BCUT2D eigenvalue weighted by Crippen LogP contribution is 2.31. The number of thiophene rings is 1. The molecule has 0 radical (unpaired) electrons. The van der Waals surface area contributed by atoms with E-state index in [0.717, 1.165) is 22.5 Å². The average molecular weight is 488 g/mol. The Balaban J connectivity index is 1.36. The normalized spacial score (nSPS) is 18.0. The number of nitrogens with zero attached hydrogens (tertiary/aromatic N) is 4. The molecule has 11 heteroatoms. The Morgan fingerprint density at radius 3 is 2.85 bits per heavy atom. The van der Waals surface area contributed by atoms with E-state index < -0.39 is 9.84 Å². The number of nitrogens with one attached hydrogen (secondary N) is 1. The van der Waals surface area contributed by atoms with Gasteiger partial charge in [-0.1, -0.05) is 0 Å². The molecule has 4 aromatic rings. The predicted octanol–water partition coefficient (Wildman–Crippen LogP) is 3.05. The van der Waals surface area contributed by atoms with Gasteiger partial charge in [-0.2, -0.15) is 5.10 Å². The highest BCUT2D eigenvalue weighted by atomic mass is 32.2. The van der Waals surface area contributed by atoms with Crippen LogP contribution in [0.2, 0.25) is 0 Å². The SMILES string of the molecule is Cc1nn(C2CCS(=O)(=O)C2)c(C)c1CN(C)Cc1nc2scc(-c3ccco3)c2c(=O)[nH]1. The van der Waals surface area contributed by atoms with Crippen molar-refractivity contribution >= 4 is 31.4 Å². The fourth-order valence-corrected chi connectivity index (χ4v) is 7.15. The molecule has 5 rings (SSSR count). The van der Waals surface area contributed by atoms with E-state index in [0.29, 0.717) is 41.3 Å². The predicted molar refractivity (Wildman–Crippen MR) is 127 cm³/mol. The van der Waals surface area contributed by atoms with Gasteiger partial charge in [0.05, 0.1) is 41.4 Å². The lowest BCUT2D eigenvalue weighted by molar-refractivity contribution is 0.309. The van der Waals surface area contributed by atoms with Crippen molar-refractivity contribution in [1.29, 1.82) is 0 Å². The zero-order valence-electron chi connectivity index (χ0n) is 18.7. The van der Waals surface area contributed by atoms with Crippen LogP contribution in [0.4, 0.5) is 0 Å². The van der Waals surface area contributed by atoms with E-state index in [1.54, 1.807) is 12.3 Å². The van der Waals surface area contributed by atoms with Crippen molar-refractivity contribution in [3.8, 4) is 11.3 Å². The largest absolute Gasteiger partial charge is 0.464 e. The molecule has 174 valence electrons. The number of aromatic amines is 1. The minimum atomic E-state index is -2.98. The highest BCUT2D eigenvalue weighted by molar-refractivity contribution is 7.91. The Bertz CT molecular complexity index is 1480. The van der Waals surface area contributed by atoms with Crippen LogP contribution in [-0.4, -0.2) is 51.6 Å². The Kier molecular flexibility index (Phi) is 5.50. The van der Waals surface area contributed by atoms with Crippen molar-refractivity contribution in [3.63, 3.8) is 0 Å². The van der Waals surface area contributed by atoms with E-state index in [1.165, 1.54) is 11.3 Å². The Morgan fingerprint density at radius 1 is 1.33 bits per heavy atom. The first-order chi connectivity index (χ1) is 15.7. The summed E-state index contributed by atoms with van der Waals surface area (Å²) in [6.07, 6.45) is 2.19. The van der Waals surface area contributed by atoms with Crippen LogP contribution in [0.1, 0.15) is 35.2 Å². The molecule has 1 N–H and O–H groups in total. The van der Waals surface area contributed by atoms with Gasteiger partial charge < -0.3 is 9.40 Å². The van der Waals surface area contributed by atoms with Gasteiger partial charge >= 0.3 is 0 Å². The van der Waals surface area contributed by atoms with Gasteiger partial charge in [-0.15, -0.1) is 11.3 Å². The molecule has 0 spiro atoms. The van der Waals surface area contributed by atoms with E-state index in [1.807, 2.05) is 37.0 Å². The number of rotatable bonds is 6. The molecule has 0 bridgehead atoms. The van der Waals surface area contributed by atoms with Gasteiger partial charge in [0.15, 0.2) is 9.84 Å². The zero-order valence-corrected chi connectivity index (χ0v) is 20.3. The van der Waals surface area contributed by atoms with E-state index >= 15 is 0 Å². The molecule has 0 amide bonds. The molecule has 33 heavy (non-hydrogen) atoms. The summed E-state index contributed by atoms with van der Waals surface area (Å²) in [5, 5.41) is 7.08. The monoisotopic (exact) mass is 487 g/mol. The molecule has 9 nitrogen and oxygen atoms in total. The summed E-state index contributed by atoms with van der Waals surface area (Å²) >= 11 is 1.42. The van der Waals surface area contributed by atoms with E-state index in [4.69, 9.17) is 4.42 Å². The molecule has 0 aliphatic carbocycles. The van der Waals surface area contributed by atoms with Crippen molar-refractivity contribution in [3.05, 3.63) is 56.9 Å². The zero-order chi connectivity index (χ0) is 23.3. The standard InChI is InChI=1S/C22H25N5O4S2/c1-13-16(14(2)27(25-13)15-6-8-33(29,30)12-15)9-26(3)10-19-23-21(28)20-17(11-32-22(20)24-19)18-5-4-7-31-18/h4-5,7,11,15H,6,8-10,12H2,1-3H3,(H,23,24,28). The van der Waals surface area contributed by atoms with Gasteiger partial charge in [0.25, 0.3) is 5.56 Å². The third-order valence-corrected chi connectivity index (χ3v) is 8.78. The first kappa shape index (κ1) is 22.1. The van der Waals surface area contributed by atoms with Crippen molar-refractivity contribution in [2.45, 2.75) is 39.4 Å². The molecule has 0 aromatic carbocycles. The second-order valence-corrected chi connectivity index (χ2v) is 11.7. The maximum Gasteiger partial charge on any atom is 0.260 e. The molecular weight excluding hydrogens is 462 g/mol. The molecule has 1 unspecified atom stereocenters. The van der Waals surface area contributed by atoms with Gasteiger partial charge in [0.2, 0.25) is 0 Å². The Morgan fingerprint density at radius 2 is 2.15 bits per heavy atom. The molecule has 1 atom stereocenters. The van der Waals surface area contributed by atoms with Crippen LogP contribution in [0.25, 0.3) is 21.5 Å². The minimum absolute atomic E-state index is 0.102. The second-order valence-electron chi connectivity index (χ2n) is 8.64. The number of H-pyrrole nitrogens is 1. The third kappa shape index (κ3) is 4.16. The average Bonchev–Trinajstić information content (AvgIpc) is 3.51. The Hall–Kier alpha value is -2.76. The van der Waals surface area contributed by atoms with Gasteiger partial charge in [-0.25, -0.2) is 13.4 Å². The Labute approximate surface area is 195 Å². The van der Waals surface area contributed by atoms with Gasteiger partial charge in [-0.05, 0) is 39.4 Å². The van der Waals surface area contributed by atoms with Gasteiger partial charge in [0, 0.05) is 28.7 Å². The molecule has 1 aliphatic heterocycles. The van der Waals surface area contributed by atoms with Crippen LogP contribution in [0.5, 0.6) is 0 Å². The number of aromatic nitrogens is 4. The molecule has 5 heterocycles. The number of aryl methyl sites for hydroxylation is 1. The molecule has 1 aliphatic rings. The maximum atomic E-state index is 12.8. The van der Waals surface area contributed by atoms with Crippen LogP contribution in [0, 0.1) is 13.8 Å². The van der Waals surface area contributed by atoms with Crippen LogP contribution in [-0.2, 0) is 22.9 Å². The number of hydrogen-bond donors (Lipinski definition) is 1. The highest BCUT2D eigenvalue weighted by Gasteiger charge is 2.31. The summed E-state index contributed by atoms with van der Waals surface area (Å²) < 4.78 is 31.1. The molecule has 1 saturated heterocycles. The van der Waals surface area contributed by atoms with Crippen molar-refractivity contribution in [2.24, 2.45) is 0 Å². The molecule has 4 aromatic heterocycles. The smallest absolute Gasteiger partial charge is 0.260 e. The van der Waals surface area contributed by atoms with Crippen LogP contribution in [0.3, 0.4) is 0 Å². The quantitative estimate of drug-likeness (QED) is 0.445. The second kappa shape index (κ2) is 8.23. The summed E-state index contributed by atoms with van der Waals surface area (Å²) in [5.74, 6) is 1.61.